The molecule has 3 nitrogen and oxygen atoms in total. The van der Waals surface area contributed by atoms with E-state index in [2.05, 4.69) is 15.6 Å². The van der Waals surface area contributed by atoms with Gasteiger partial charge in [-0.25, -0.2) is 0 Å². The highest BCUT2D eigenvalue weighted by molar-refractivity contribution is 5.79. The van der Waals surface area contributed by atoms with Crippen LogP contribution in [0, 0.1) is 0 Å². The number of benzene rings is 1. The number of halogens is 3. The van der Waals surface area contributed by atoms with Crippen molar-refractivity contribution in [1.82, 2.24) is 10.6 Å². The Bertz CT molecular complexity index is 519. The van der Waals surface area contributed by atoms with Gasteiger partial charge in [0.15, 0.2) is 5.96 Å². The van der Waals surface area contributed by atoms with Crippen molar-refractivity contribution in [1.29, 1.82) is 0 Å². The summed E-state index contributed by atoms with van der Waals surface area (Å²) in [5, 5.41) is 6.09. The van der Waals surface area contributed by atoms with E-state index in [4.69, 9.17) is 0 Å². The molecule has 1 saturated carbocycles. The standard InChI is InChI=1S/C15H20F3N3/c1-19-13(20-2)21-10-14(7-4-8-14)11-5-3-6-12(9-11)15(16,17)18/h3,5-6,9H,4,7-8,10H2,1-2H3,(H2,19,20,21). The van der Waals surface area contributed by atoms with Gasteiger partial charge in [0, 0.05) is 26.1 Å². The molecule has 0 aromatic heterocycles. The minimum absolute atomic E-state index is 0.228. The van der Waals surface area contributed by atoms with Gasteiger partial charge in [-0.1, -0.05) is 24.6 Å². The van der Waals surface area contributed by atoms with Crippen LogP contribution in [0.2, 0.25) is 0 Å². The van der Waals surface area contributed by atoms with E-state index in [0.29, 0.717) is 12.5 Å². The van der Waals surface area contributed by atoms with Crippen molar-refractivity contribution in [2.24, 2.45) is 4.99 Å². The van der Waals surface area contributed by atoms with Gasteiger partial charge in [-0.3, -0.25) is 4.99 Å². The summed E-state index contributed by atoms with van der Waals surface area (Å²) in [4.78, 5) is 4.03. The first-order valence-electron chi connectivity index (χ1n) is 6.97. The number of hydrogen-bond acceptors (Lipinski definition) is 1. The van der Waals surface area contributed by atoms with E-state index in [1.165, 1.54) is 12.1 Å². The first kappa shape index (κ1) is 15.7. The van der Waals surface area contributed by atoms with Crippen LogP contribution >= 0.6 is 0 Å². The highest BCUT2D eigenvalue weighted by Gasteiger charge is 2.40. The lowest BCUT2D eigenvalue weighted by molar-refractivity contribution is -0.137. The van der Waals surface area contributed by atoms with Crippen molar-refractivity contribution in [3.05, 3.63) is 35.4 Å². The van der Waals surface area contributed by atoms with Crippen LogP contribution in [0.25, 0.3) is 0 Å². The molecule has 1 aliphatic rings. The van der Waals surface area contributed by atoms with Crippen LogP contribution in [0.4, 0.5) is 13.2 Å². The number of nitrogens with one attached hydrogen (secondary N) is 2. The van der Waals surface area contributed by atoms with Gasteiger partial charge in [-0.15, -0.1) is 0 Å². The number of alkyl halides is 3. The average Bonchev–Trinajstić information content (AvgIpc) is 2.41. The van der Waals surface area contributed by atoms with Crippen molar-refractivity contribution in [3.63, 3.8) is 0 Å². The second-order valence-electron chi connectivity index (χ2n) is 5.39. The monoisotopic (exact) mass is 299 g/mol. The Morgan fingerprint density at radius 1 is 1.33 bits per heavy atom. The Morgan fingerprint density at radius 2 is 2.05 bits per heavy atom. The topological polar surface area (TPSA) is 36.4 Å². The van der Waals surface area contributed by atoms with Gasteiger partial charge in [0.05, 0.1) is 5.56 Å². The van der Waals surface area contributed by atoms with Gasteiger partial charge in [0.25, 0.3) is 0 Å². The molecule has 0 amide bonds. The van der Waals surface area contributed by atoms with E-state index in [-0.39, 0.29) is 5.41 Å². The van der Waals surface area contributed by atoms with E-state index >= 15 is 0 Å². The molecule has 6 heteroatoms. The first-order chi connectivity index (χ1) is 9.91. The fraction of sp³-hybridized carbons (Fsp3) is 0.533. The quantitative estimate of drug-likeness (QED) is 0.665. The van der Waals surface area contributed by atoms with Crippen molar-refractivity contribution in [3.8, 4) is 0 Å². The molecule has 2 N–H and O–H groups in total. The molecule has 1 aliphatic carbocycles. The minimum atomic E-state index is -4.30. The number of nitrogens with zero attached hydrogens (tertiary/aromatic N) is 1. The third-order valence-electron chi connectivity index (χ3n) is 4.17. The molecular formula is C15H20F3N3. The fourth-order valence-electron chi connectivity index (χ4n) is 2.73. The lowest BCUT2D eigenvalue weighted by Gasteiger charge is -2.43. The summed E-state index contributed by atoms with van der Waals surface area (Å²) in [6, 6.07) is 5.68. The maximum absolute atomic E-state index is 12.9. The molecule has 0 aliphatic heterocycles. The molecule has 0 radical (unpaired) electrons. The SMILES string of the molecule is CN=C(NC)NCC1(c2cccc(C(F)(F)F)c2)CCC1. The molecule has 0 saturated heterocycles. The highest BCUT2D eigenvalue weighted by Crippen LogP contribution is 2.44. The van der Waals surface area contributed by atoms with Crippen molar-refractivity contribution < 1.29 is 13.2 Å². The molecule has 116 valence electrons. The third-order valence-corrected chi connectivity index (χ3v) is 4.17. The van der Waals surface area contributed by atoms with Crippen LogP contribution in [-0.2, 0) is 11.6 Å². The average molecular weight is 299 g/mol. The summed E-state index contributed by atoms with van der Waals surface area (Å²) in [7, 11) is 3.42. The third kappa shape index (κ3) is 3.31. The van der Waals surface area contributed by atoms with Gasteiger partial charge in [-0.05, 0) is 24.5 Å². The Morgan fingerprint density at radius 3 is 2.52 bits per heavy atom. The van der Waals surface area contributed by atoms with Gasteiger partial charge < -0.3 is 10.6 Å². The molecular weight excluding hydrogens is 279 g/mol. The van der Waals surface area contributed by atoms with E-state index in [0.717, 1.165) is 30.9 Å². The number of aliphatic imine (C=N–C) groups is 1. The van der Waals surface area contributed by atoms with E-state index in [1.807, 2.05) is 0 Å². The fourth-order valence-corrected chi connectivity index (χ4v) is 2.73. The molecule has 1 aromatic carbocycles. The molecule has 0 atom stereocenters. The van der Waals surface area contributed by atoms with Gasteiger partial charge in [-0.2, -0.15) is 13.2 Å². The van der Waals surface area contributed by atoms with E-state index in [9.17, 15) is 13.2 Å². The maximum atomic E-state index is 12.9. The molecule has 21 heavy (non-hydrogen) atoms. The van der Waals surface area contributed by atoms with Crippen molar-refractivity contribution in [2.45, 2.75) is 30.9 Å². The first-order valence-corrected chi connectivity index (χ1v) is 6.97. The summed E-state index contributed by atoms with van der Waals surface area (Å²) in [6.45, 7) is 0.585. The number of hydrogen-bond donors (Lipinski definition) is 2. The predicted octanol–water partition coefficient (Wildman–Crippen LogP) is 2.92. The molecule has 0 spiro atoms. The minimum Gasteiger partial charge on any atom is -0.359 e. The van der Waals surface area contributed by atoms with Gasteiger partial charge in [0.1, 0.15) is 0 Å². The number of rotatable bonds is 3. The number of guanidine groups is 1. The van der Waals surface area contributed by atoms with E-state index < -0.39 is 11.7 Å². The van der Waals surface area contributed by atoms with Crippen LogP contribution in [0.5, 0.6) is 0 Å². The zero-order valence-electron chi connectivity index (χ0n) is 12.2. The highest BCUT2D eigenvalue weighted by atomic mass is 19.4. The van der Waals surface area contributed by atoms with Gasteiger partial charge >= 0.3 is 6.18 Å². The maximum Gasteiger partial charge on any atom is 0.416 e. The van der Waals surface area contributed by atoms with Crippen LogP contribution in [0.15, 0.2) is 29.3 Å². The summed E-state index contributed by atoms with van der Waals surface area (Å²) in [6.07, 6.45) is -1.48. The zero-order chi connectivity index (χ0) is 15.5. The van der Waals surface area contributed by atoms with Gasteiger partial charge in [0.2, 0.25) is 0 Å². The Labute approximate surface area is 122 Å². The Kier molecular flexibility index (Phi) is 4.44. The summed E-state index contributed by atoms with van der Waals surface area (Å²) >= 11 is 0. The Balaban J connectivity index is 2.21. The molecule has 1 aromatic rings. The molecule has 0 unspecified atom stereocenters. The second-order valence-corrected chi connectivity index (χ2v) is 5.39. The van der Waals surface area contributed by atoms with Crippen LogP contribution < -0.4 is 10.6 Å². The summed E-state index contributed by atoms with van der Waals surface area (Å²) < 4.78 is 38.6. The lowest BCUT2D eigenvalue weighted by Crippen LogP contribution is -2.48. The van der Waals surface area contributed by atoms with Crippen LogP contribution in [-0.4, -0.2) is 26.6 Å². The normalized spacial score (nSPS) is 18.0. The van der Waals surface area contributed by atoms with Crippen LogP contribution in [0.1, 0.15) is 30.4 Å². The predicted molar refractivity (Wildman–Crippen MR) is 77.4 cm³/mol. The molecule has 0 bridgehead atoms. The molecule has 0 heterocycles. The second kappa shape index (κ2) is 5.95. The Hall–Kier alpha value is -1.72. The largest absolute Gasteiger partial charge is 0.416 e. The van der Waals surface area contributed by atoms with Crippen molar-refractivity contribution in [2.75, 3.05) is 20.6 Å². The summed E-state index contributed by atoms with van der Waals surface area (Å²) in [5.74, 6) is 0.647. The lowest BCUT2D eigenvalue weighted by atomic mass is 9.64. The van der Waals surface area contributed by atoms with Crippen LogP contribution in [0.3, 0.4) is 0 Å². The summed E-state index contributed by atoms with van der Waals surface area (Å²) in [5.41, 5.74) is -0.0551. The smallest absolute Gasteiger partial charge is 0.359 e. The zero-order valence-corrected chi connectivity index (χ0v) is 12.2. The molecule has 2 rings (SSSR count). The molecule has 1 fully saturated rings. The van der Waals surface area contributed by atoms with E-state index in [1.54, 1.807) is 20.2 Å². The van der Waals surface area contributed by atoms with Crippen molar-refractivity contribution >= 4 is 5.96 Å².